The molecule has 0 radical (unpaired) electrons. The van der Waals surface area contributed by atoms with Gasteiger partial charge in [-0.1, -0.05) is 33.1 Å². The van der Waals surface area contributed by atoms with Gasteiger partial charge in [0.25, 0.3) is 0 Å². The monoisotopic (exact) mass is 290 g/mol. The van der Waals surface area contributed by atoms with Crippen LogP contribution in [0.1, 0.15) is 78.1 Å². The fourth-order valence-electron chi connectivity index (χ4n) is 7.05. The van der Waals surface area contributed by atoms with Crippen molar-refractivity contribution in [2.75, 3.05) is 0 Å². The molecule has 0 spiro atoms. The normalized spacial score (nSPS) is 56.5. The standard InChI is InChI=1S/C19H30O2/c1-17-8-5-6-14(17)13-12-16(20)19(21)10-4-3-9-18(19,2)15(13)7-11-17/h13-15,21H,3-12H2,1-2H3/t13?,14?,15?,17?,18?,19-/m0/s1. The molecule has 1 N–H and O–H groups in total. The molecule has 4 aliphatic rings. The van der Waals surface area contributed by atoms with E-state index in [1.165, 1.54) is 38.5 Å². The molecule has 4 rings (SSSR count). The quantitative estimate of drug-likeness (QED) is 0.729. The van der Waals surface area contributed by atoms with E-state index in [0.717, 1.165) is 18.8 Å². The summed E-state index contributed by atoms with van der Waals surface area (Å²) < 4.78 is 0. The van der Waals surface area contributed by atoms with E-state index in [2.05, 4.69) is 13.8 Å². The summed E-state index contributed by atoms with van der Waals surface area (Å²) in [5.41, 5.74) is -0.657. The van der Waals surface area contributed by atoms with Crippen LogP contribution >= 0.6 is 0 Å². The fraction of sp³-hybridized carbons (Fsp3) is 0.947. The first-order chi connectivity index (χ1) is 9.91. The van der Waals surface area contributed by atoms with Gasteiger partial charge >= 0.3 is 0 Å². The van der Waals surface area contributed by atoms with Crippen LogP contribution in [0.15, 0.2) is 0 Å². The molecule has 6 atom stereocenters. The molecule has 0 aromatic rings. The number of carbonyl (C=O) groups excluding carboxylic acids is 1. The molecule has 0 heterocycles. The third-order valence-electron chi connectivity index (χ3n) is 8.35. The molecule has 4 aliphatic carbocycles. The second kappa shape index (κ2) is 4.34. The van der Waals surface area contributed by atoms with Crippen LogP contribution < -0.4 is 0 Å². The summed E-state index contributed by atoms with van der Waals surface area (Å²) in [6, 6.07) is 0. The number of hydrogen-bond donors (Lipinski definition) is 1. The zero-order valence-corrected chi connectivity index (χ0v) is 13.7. The van der Waals surface area contributed by atoms with Crippen molar-refractivity contribution >= 4 is 5.78 Å². The minimum atomic E-state index is -1.00. The smallest absolute Gasteiger partial charge is 0.165 e. The topological polar surface area (TPSA) is 37.3 Å². The van der Waals surface area contributed by atoms with Crippen molar-refractivity contribution in [3.63, 3.8) is 0 Å². The Hall–Kier alpha value is -0.370. The molecule has 5 unspecified atom stereocenters. The molecule has 4 fully saturated rings. The van der Waals surface area contributed by atoms with E-state index in [-0.39, 0.29) is 11.2 Å². The number of carbonyl (C=O) groups is 1. The van der Waals surface area contributed by atoms with E-state index in [1.54, 1.807) is 0 Å². The Kier molecular flexibility index (Phi) is 2.94. The summed E-state index contributed by atoms with van der Waals surface area (Å²) in [4.78, 5) is 12.9. The summed E-state index contributed by atoms with van der Waals surface area (Å²) in [7, 11) is 0. The molecule has 0 bridgehead atoms. The molecule has 0 aromatic heterocycles. The SMILES string of the molecule is CC12CCCC1C1CC(=O)[C@@]3(O)CCCCC3(C)C1CC2. The first kappa shape index (κ1) is 14.2. The van der Waals surface area contributed by atoms with Crippen molar-refractivity contribution in [1.29, 1.82) is 0 Å². The second-order valence-corrected chi connectivity index (χ2v) is 9.07. The van der Waals surface area contributed by atoms with Crippen molar-refractivity contribution in [1.82, 2.24) is 0 Å². The van der Waals surface area contributed by atoms with Crippen molar-refractivity contribution < 1.29 is 9.90 Å². The van der Waals surface area contributed by atoms with Gasteiger partial charge in [0.2, 0.25) is 0 Å². The molecule has 0 aromatic carbocycles. The van der Waals surface area contributed by atoms with Crippen molar-refractivity contribution in [2.24, 2.45) is 28.6 Å². The lowest BCUT2D eigenvalue weighted by atomic mass is 9.43. The van der Waals surface area contributed by atoms with Gasteiger partial charge < -0.3 is 5.11 Å². The average molecular weight is 290 g/mol. The Morgan fingerprint density at radius 1 is 0.952 bits per heavy atom. The first-order valence-electron chi connectivity index (χ1n) is 9.16. The lowest BCUT2D eigenvalue weighted by Crippen LogP contribution is -2.65. The van der Waals surface area contributed by atoms with Gasteiger partial charge in [-0.2, -0.15) is 0 Å². The number of hydrogen-bond acceptors (Lipinski definition) is 2. The van der Waals surface area contributed by atoms with Crippen LogP contribution in [0, 0.1) is 28.6 Å². The van der Waals surface area contributed by atoms with Crippen LogP contribution in [-0.4, -0.2) is 16.5 Å². The van der Waals surface area contributed by atoms with Gasteiger partial charge in [0.15, 0.2) is 5.78 Å². The molecule has 0 amide bonds. The van der Waals surface area contributed by atoms with Crippen molar-refractivity contribution in [2.45, 2.75) is 83.7 Å². The maximum absolute atomic E-state index is 12.9. The number of fused-ring (bicyclic) bond motifs is 5. The van der Waals surface area contributed by atoms with Gasteiger partial charge in [-0.25, -0.2) is 0 Å². The maximum atomic E-state index is 12.9. The third-order valence-corrected chi connectivity index (χ3v) is 8.35. The summed E-state index contributed by atoms with van der Waals surface area (Å²) >= 11 is 0. The highest BCUT2D eigenvalue weighted by Gasteiger charge is 2.65. The highest BCUT2D eigenvalue weighted by Crippen LogP contribution is 2.66. The Balaban J connectivity index is 1.74. The lowest BCUT2D eigenvalue weighted by Gasteiger charge is -2.62. The predicted octanol–water partition coefficient (Wildman–Crippen LogP) is 4.10. The first-order valence-corrected chi connectivity index (χ1v) is 9.16. The molecular formula is C19H30O2. The zero-order valence-electron chi connectivity index (χ0n) is 13.7. The molecule has 4 saturated carbocycles. The maximum Gasteiger partial charge on any atom is 0.165 e. The lowest BCUT2D eigenvalue weighted by molar-refractivity contribution is -0.201. The molecule has 2 nitrogen and oxygen atoms in total. The molecule has 118 valence electrons. The van der Waals surface area contributed by atoms with E-state index in [1.807, 2.05) is 0 Å². The Morgan fingerprint density at radius 3 is 2.52 bits per heavy atom. The predicted molar refractivity (Wildman–Crippen MR) is 82.8 cm³/mol. The molecular weight excluding hydrogens is 260 g/mol. The molecule has 2 heteroatoms. The summed E-state index contributed by atoms with van der Waals surface area (Å²) in [5, 5.41) is 11.2. The highest BCUT2D eigenvalue weighted by molar-refractivity contribution is 5.89. The third kappa shape index (κ3) is 1.66. The largest absolute Gasteiger partial charge is 0.381 e. The summed E-state index contributed by atoms with van der Waals surface area (Å²) in [6.45, 7) is 4.72. The van der Waals surface area contributed by atoms with Crippen molar-refractivity contribution in [3.8, 4) is 0 Å². The van der Waals surface area contributed by atoms with E-state index < -0.39 is 5.60 Å². The Bertz CT molecular complexity index is 472. The van der Waals surface area contributed by atoms with Crippen LogP contribution in [-0.2, 0) is 4.79 Å². The number of aliphatic hydroxyl groups is 1. The molecule has 0 aliphatic heterocycles. The van der Waals surface area contributed by atoms with Crippen LogP contribution in [0.2, 0.25) is 0 Å². The van der Waals surface area contributed by atoms with Gasteiger partial charge in [-0.3, -0.25) is 4.79 Å². The highest BCUT2D eigenvalue weighted by atomic mass is 16.3. The van der Waals surface area contributed by atoms with Crippen LogP contribution in [0.5, 0.6) is 0 Å². The van der Waals surface area contributed by atoms with Crippen LogP contribution in [0.25, 0.3) is 0 Å². The number of Topliss-reactive ketones (excluding diaryl/α,β-unsaturated/α-hetero) is 1. The van der Waals surface area contributed by atoms with E-state index >= 15 is 0 Å². The molecule has 21 heavy (non-hydrogen) atoms. The van der Waals surface area contributed by atoms with Gasteiger partial charge in [0.1, 0.15) is 5.60 Å². The summed E-state index contributed by atoms with van der Waals surface area (Å²) in [6.07, 6.45) is 11.2. The minimum Gasteiger partial charge on any atom is -0.381 e. The minimum absolute atomic E-state index is 0.144. The zero-order chi connectivity index (χ0) is 14.9. The molecule has 0 saturated heterocycles. The van der Waals surface area contributed by atoms with Gasteiger partial charge in [0.05, 0.1) is 0 Å². The van der Waals surface area contributed by atoms with E-state index in [0.29, 0.717) is 30.1 Å². The number of rotatable bonds is 0. The van der Waals surface area contributed by atoms with Crippen molar-refractivity contribution in [3.05, 3.63) is 0 Å². The Labute approximate surface area is 128 Å². The second-order valence-electron chi connectivity index (χ2n) is 9.07. The van der Waals surface area contributed by atoms with Gasteiger partial charge in [-0.15, -0.1) is 0 Å². The fourth-order valence-corrected chi connectivity index (χ4v) is 7.05. The number of ketones is 1. The average Bonchev–Trinajstić information content (AvgIpc) is 2.83. The van der Waals surface area contributed by atoms with Gasteiger partial charge in [0, 0.05) is 11.8 Å². The van der Waals surface area contributed by atoms with Gasteiger partial charge in [-0.05, 0) is 61.7 Å². The van der Waals surface area contributed by atoms with E-state index in [4.69, 9.17) is 0 Å². The van der Waals surface area contributed by atoms with E-state index in [9.17, 15) is 9.90 Å². The summed E-state index contributed by atoms with van der Waals surface area (Å²) in [5.74, 6) is 2.06. The van der Waals surface area contributed by atoms with Crippen LogP contribution in [0.3, 0.4) is 0 Å². The van der Waals surface area contributed by atoms with Crippen LogP contribution in [0.4, 0.5) is 0 Å². The Morgan fingerprint density at radius 2 is 1.71 bits per heavy atom.